The fourth-order valence-corrected chi connectivity index (χ4v) is 4.31. The van der Waals surface area contributed by atoms with Crippen LogP contribution in [0.2, 0.25) is 0 Å². The van der Waals surface area contributed by atoms with Crippen LogP contribution in [0.25, 0.3) is 0 Å². The monoisotopic (exact) mass is 406 g/mol. The number of fused-ring (bicyclic) bond motifs is 1. The van der Waals surface area contributed by atoms with Gasteiger partial charge in [-0.3, -0.25) is 9.59 Å². The average molecular weight is 406 g/mol. The number of aryl methyl sites for hydroxylation is 1. The SMILES string of the molecule is Cc1ccc(C(=O)OC2(C(=O)NC3CCCCC3)C(=O)N(C)c3ccccc32)cc1. The summed E-state index contributed by atoms with van der Waals surface area (Å²) >= 11 is 0. The minimum atomic E-state index is -2.02. The molecule has 1 aliphatic carbocycles. The summed E-state index contributed by atoms with van der Waals surface area (Å²) in [7, 11) is 1.59. The van der Waals surface area contributed by atoms with E-state index in [0.717, 1.165) is 37.7 Å². The highest BCUT2D eigenvalue weighted by Crippen LogP contribution is 2.43. The van der Waals surface area contributed by atoms with E-state index in [1.54, 1.807) is 55.6 Å². The zero-order chi connectivity index (χ0) is 21.3. The summed E-state index contributed by atoms with van der Waals surface area (Å²) in [5.74, 6) is -1.83. The number of ether oxygens (including phenoxy) is 1. The predicted molar refractivity (Wildman–Crippen MR) is 113 cm³/mol. The zero-order valence-electron chi connectivity index (χ0n) is 17.3. The molecule has 2 amide bonds. The highest BCUT2D eigenvalue weighted by molar-refractivity contribution is 6.21. The second-order valence-corrected chi connectivity index (χ2v) is 8.13. The van der Waals surface area contributed by atoms with Crippen molar-refractivity contribution in [2.24, 2.45) is 0 Å². The van der Waals surface area contributed by atoms with Crippen molar-refractivity contribution < 1.29 is 19.1 Å². The van der Waals surface area contributed by atoms with Gasteiger partial charge < -0.3 is 15.0 Å². The predicted octanol–water partition coefficient (Wildman–Crippen LogP) is 3.47. The number of likely N-dealkylation sites (N-methyl/N-ethyl adjacent to an activating group) is 1. The topological polar surface area (TPSA) is 75.7 Å². The molecule has 6 nitrogen and oxygen atoms in total. The Hall–Kier alpha value is -3.15. The van der Waals surface area contributed by atoms with E-state index in [4.69, 9.17) is 4.74 Å². The number of anilines is 1. The molecule has 4 rings (SSSR count). The van der Waals surface area contributed by atoms with Crippen LogP contribution in [-0.4, -0.2) is 30.9 Å². The van der Waals surface area contributed by atoms with E-state index in [0.29, 0.717) is 16.8 Å². The Kier molecular flexibility index (Phi) is 5.33. The van der Waals surface area contributed by atoms with Gasteiger partial charge in [0.2, 0.25) is 0 Å². The van der Waals surface area contributed by atoms with E-state index >= 15 is 0 Å². The van der Waals surface area contributed by atoms with E-state index in [2.05, 4.69) is 5.32 Å². The molecule has 30 heavy (non-hydrogen) atoms. The lowest BCUT2D eigenvalue weighted by Crippen LogP contribution is -2.55. The van der Waals surface area contributed by atoms with E-state index in [-0.39, 0.29) is 6.04 Å². The Morgan fingerprint density at radius 3 is 2.40 bits per heavy atom. The standard InChI is InChI=1S/C24H26N2O4/c1-16-12-14-17(15-13-16)21(27)30-24(22(28)25-18-8-4-3-5-9-18)19-10-6-7-11-20(19)26(2)23(24)29/h6-7,10-15,18H,3-5,8-9H2,1-2H3,(H,25,28). The number of benzene rings is 2. The quantitative estimate of drug-likeness (QED) is 0.623. The molecule has 156 valence electrons. The number of rotatable bonds is 4. The number of para-hydroxylation sites is 1. The second kappa shape index (κ2) is 7.94. The lowest BCUT2D eigenvalue weighted by atomic mass is 9.91. The molecule has 0 aromatic heterocycles. The van der Waals surface area contributed by atoms with Crippen LogP contribution in [0.15, 0.2) is 48.5 Å². The Bertz CT molecular complexity index is 979. The fourth-order valence-electron chi connectivity index (χ4n) is 4.31. The largest absolute Gasteiger partial charge is 0.430 e. The maximum absolute atomic E-state index is 13.5. The van der Waals surface area contributed by atoms with Crippen LogP contribution in [0, 0.1) is 6.92 Å². The van der Waals surface area contributed by atoms with Crippen molar-refractivity contribution in [3.05, 3.63) is 65.2 Å². The summed E-state index contributed by atoms with van der Waals surface area (Å²) in [6.45, 7) is 1.92. The first-order valence-electron chi connectivity index (χ1n) is 10.4. The van der Waals surface area contributed by atoms with Crippen LogP contribution in [0.1, 0.15) is 53.6 Å². The molecule has 1 fully saturated rings. The summed E-state index contributed by atoms with van der Waals surface area (Å²) < 4.78 is 5.80. The number of nitrogens with one attached hydrogen (secondary N) is 1. The molecular formula is C24H26N2O4. The third kappa shape index (κ3) is 3.36. The van der Waals surface area contributed by atoms with Crippen molar-refractivity contribution in [1.29, 1.82) is 0 Å². The maximum Gasteiger partial charge on any atom is 0.340 e. The summed E-state index contributed by atoms with van der Waals surface area (Å²) in [5.41, 5.74) is 0.234. The first kappa shape index (κ1) is 20.1. The van der Waals surface area contributed by atoms with Crippen LogP contribution in [-0.2, 0) is 19.9 Å². The van der Waals surface area contributed by atoms with Crippen molar-refractivity contribution >= 4 is 23.5 Å². The molecule has 1 heterocycles. The van der Waals surface area contributed by atoms with Crippen LogP contribution in [0.3, 0.4) is 0 Å². The average Bonchev–Trinajstić information content (AvgIpc) is 2.98. The molecule has 0 spiro atoms. The Labute approximate surface area is 176 Å². The Balaban J connectivity index is 1.73. The van der Waals surface area contributed by atoms with E-state index in [9.17, 15) is 14.4 Å². The van der Waals surface area contributed by atoms with E-state index in [1.807, 2.05) is 6.92 Å². The van der Waals surface area contributed by atoms with Crippen LogP contribution >= 0.6 is 0 Å². The molecule has 1 unspecified atom stereocenters. The minimum Gasteiger partial charge on any atom is -0.430 e. The Morgan fingerprint density at radius 2 is 1.70 bits per heavy atom. The molecule has 0 bridgehead atoms. The summed E-state index contributed by atoms with van der Waals surface area (Å²) in [4.78, 5) is 41.3. The molecule has 1 N–H and O–H groups in total. The van der Waals surface area contributed by atoms with Gasteiger partial charge in [0.1, 0.15) is 0 Å². The molecule has 1 aliphatic heterocycles. The molecule has 2 aromatic rings. The van der Waals surface area contributed by atoms with Crippen molar-refractivity contribution in [2.45, 2.75) is 50.7 Å². The smallest absolute Gasteiger partial charge is 0.340 e. The van der Waals surface area contributed by atoms with Gasteiger partial charge in [0, 0.05) is 18.7 Å². The second-order valence-electron chi connectivity index (χ2n) is 8.13. The van der Waals surface area contributed by atoms with Crippen molar-refractivity contribution in [3.63, 3.8) is 0 Å². The molecule has 2 aromatic carbocycles. The van der Waals surface area contributed by atoms with Gasteiger partial charge in [-0.2, -0.15) is 0 Å². The lowest BCUT2D eigenvalue weighted by Gasteiger charge is -2.30. The minimum absolute atomic E-state index is 0.0212. The van der Waals surface area contributed by atoms with Gasteiger partial charge >= 0.3 is 5.97 Å². The lowest BCUT2D eigenvalue weighted by molar-refractivity contribution is -0.153. The van der Waals surface area contributed by atoms with Gasteiger partial charge in [-0.1, -0.05) is 55.2 Å². The third-order valence-electron chi connectivity index (χ3n) is 6.04. The zero-order valence-corrected chi connectivity index (χ0v) is 17.3. The number of carbonyl (C=O) groups is 3. The summed E-state index contributed by atoms with van der Waals surface area (Å²) in [6.07, 6.45) is 4.93. The van der Waals surface area contributed by atoms with E-state index in [1.165, 1.54) is 4.90 Å². The van der Waals surface area contributed by atoms with Gasteiger partial charge in [-0.05, 0) is 38.0 Å². The van der Waals surface area contributed by atoms with Crippen molar-refractivity contribution in [3.8, 4) is 0 Å². The van der Waals surface area contributed by atoms with Crippen LogP contribution in [0.4, 0.5) is 5.69 Å². The van der Waals surface area contributed by atoms with Crippen LogP contribution in [0.5, 0.6) is 0 Å². The molecule has 6 heteroatoms. The van der Waals surface area contributed by atoms with Gasteiger partial charge in [0.25, 0.3) is 17.4 Å². The normalized spacial score (nSPS) is 21.3. The number of hydrogen-bond donors (Lipinski definition) is 1. The maximum atomic E-state index is 13.5. The number of nitrogens with zero attached hydrogens (tertiary/aromatic N) is 1. The highest BCUT2D eigenvalue weighted by Gasteiger charge is 2.59. The summed E-state index contributed by atoms with van der Waals surface area (Å²) in [5, 5.41) is 3.00. The van der Waals surface area contributed by atoms with Gasteiger partial charge in [0.15, 0.2) is 0 Å². The summed E-state index contributed by atoms with van der Waals surface area (Å²) in [6, 6.07) is 13.8. The number of esters is 1. The molecule has 1 atom stereocenters. The molecular weight excluding hydrogens is 380 g/mol. The molecule has 1 saturated carbocycles. The first-order valence-corrected chi connectivity index (χ1v) is 10.4. The molecule has 2 aliphatic rings. The fraction of sp³-hybridized carbons (Fsp3) is 0.375. The van der Waals surface area contributed by atoms with Gasteiger partial charge in [0.05, 0.1) is 11.3 Å². The third-order valence-corrected chi connectivity index (χ3v) is 6.04. The number of carbonyl (C=O) groups excluding carboxylic acids is 3. The number of amides is 2. The number of hydrogen-bond acceptors (Lipinski definition) is 4. The first-order chi connectivity index (χ1) is 14.4. The van der Waals surface area contributed by atoms with Gasteiger partial charge in [-0.15, -0.1) is 0 Å². The van der Waals surface area contributed by atoms with Crippen molar-refractivity contribution in [1.82, 2.24) is 5.32 Å². The van der Waals surface area contributed by atoms with E-state index < -0.39 is 23.4 Å². The van der Waals surface area contributed by atoms with Gasteiger partial charge in [-0.25, -0.2) is 4.79 Å². The molecule has 0 radical (unpaired) electrons. The van der Waals surface area contributed by atoms with Crippen molar-refractivity contribution in [2.75, 3.05) is 11.9 Å². The highest BCUT2D eigenvalue weighted by atomic mass is 16.6. The molecule has 0 saturated heterocycles. The Morgan fingerprint density at radius 1 is 1.03 bits per heavy atom. The van der Waals surface area contributed by atoms with Crippen LogP contribution < -0.4 is 10.2 Å².